The number of rotatable bonds is 8. The number of hydrogen-bond donors (Lipinski definition) is 2. The molecule has 2 aliphatic rings. The van der Waals surface area contributed by atoms with E-state index >= 15 is 0 Å². The average molecular weight is 501 g/mol. The van der Waals surface area contributed by atoms with E-state index in [-0.39, 0.29) is 6.04 Å². The maximum Gasteiger partial charge on any atom is 0.227 e. The monoisotopic (exact) mass is 500 g/mol. The smallest absolute Gasteiger partial charge is 0.227 e. The van der Waals surface area contributed by atoms with Crippen molar-refractivity contribution in [2.24, 2.45) is 0 Å². The maximum atomic E-state index is 4.92. The van der Waals surface area contributed by atoms with Crippen molar-refractivity contribution in [3.63, 3.8) is 0 Å². The molecule has 1 aliphatic heterocycles. The molecule has 10 nitrogen and oxygen atoms in total. The molecule has 194 valence electrons. The van der Waals surface area contributed by atoms with Crippen molar-refractivity contribution in [1.82, 2.24) is 39.2 Å². The number of fused-ring (bicyclic) bond motifs is 1. The Labute approximate surface area is 217 Å². The normalized spacial score (nSPS) is 17.7. The highest BCUT2D eigenvalue weighted by Crippen LogP contribution is 2.28. The highest BCUT2D eigenvalue weighted by Gasteiger charge is 2.27. The van der Waals surface area contributed by atoms with Crippen LogP contribution in [0.5, 0.6) is 0 Å². The number of nitrogens with one attached hydrogen (secondary N) is 2. The minimum absolute atomic E-state index is 0.250. The molecular weight excluding hydrogens is 464 g/mol. The highest BCUT2D eigenvalue weighted by molar-refractivity contribution is 5.84. The number of imidazole rings is 1. The Morgan fingerprint density at radius 2 is 1.84 bits per heavy atom. The molecule has 1 saturated heterocycles. The number of pyridine rings is 1. The van der Waals surface area contributed by atoms with Gasteiger partial charge in [-0.2, -0.15) is 15.1 Å². The topological polar surface area (TPSA) is 102 Å². The van der Waals surface area contributed by atoms with Crippen LogP contribution in [0.3, 0.4) is 0 Å². The molecular formula is C27H36N10. The summed E-state index contributed by atoms with van der Waals surface area (Å²) in [5.41, 5.74) is 2.65. The van der Waals surface area contributed by atoms with Gasteiger partial charge in [0.15, 0.2) is 22.8 Å². The number of hydrogen-bond acceptors (Lipinski definition) is 8. The van der Waals surface area contributed by atoms with Gasteiger partial charge in [0, 0.05) is 61.9 Å². The fraction of sp³-hybridized carbons (Fsp3) is 0.519. The molecule has 2 fully saturated rings. The van der Waals surface area contributed by atoms with Crippen LogP contribution < -0.4 is 10.6 Å². The van der Waals surface area contributed by atoms with E-state index in [0.29, 0.717) is 18.5 Å². The van der Waals surface area contributed by atoms with E-state index in [0.717, 1.165) is 60.3 Å². The predicted octanol–water partition coefficient (Wildman–Crippen LogP) is 4.42. The van der Waals surface area contributed by atoms with Crippen molar-refractivity contribution in [2.75, 3.05) is 23.7 Å². The maximum absolute atomic E-state index is 4.92. The second-order valence-electron chi connectivity index (χ2n) is 10.5. The summed E-state index contributed by atoms with van der Waals surface area (Å²) < 4.78 is 3.89. The van der Waals surface area contributed by atoms with E-state index < -0.39 is 0 Å². The van der Waals surface area contributed by atoms with Crippen LogP contribution in [0, 0.1) is 0 Å². The Morgan fingerprint density at radius 3 is 2.59 bits per heavy atom. The lowest BCUT2D eigenvalue weighted by molar-refractivity contribution is 0.159. The molecule has 4 aromatic rings. The van der Waals surface area contributed by atoms with Gasteiger partial charge in [-0.3, -0.25) is 0 Å². The van der Waals surface area contributed by atoms with Crippen LogP contribution in [0.4, 0.5) is 11.8 Å². The van der Waals surface area contributed by atoms with Crippen LogP contribution in [0.2, 0.25) is 0 Å². The molecule has 5 heterocycles. The van der Waals surface area contributed by atoms with Crippen LogP contribution in [-0.2, 0) is 6.54 Å². The first-order chi connectivity index (χ1) is 18.2. The molecule has 37 heavy (non-hydrogen) atoms. The molecule has 1 saturated carbocycles. The molecule has 0 atom stereocenters. The summed E-state index contributed by atoms with van der Waals surface area (Å²) in [4.78, 5) is 21.7. The number of piperidine rings is 1. The molecule has 2 N–H and O–H groups in total. The van der Waals surface area contributed by atoms with Crippen molar-refractivity contribution in [1.29, 1.82) is 0 Å². The molecule has 0 bridgehead atoms. The van der Waals surface area contributed by atoms with Crippen molar-refractivity contribution in [2.45, 2.75) is 77.0 Å². The zero-order chi connectivity index (χ0) is 25.2. The first-order valence-corrected chi connectivity index (χ1v) is 13.6. The van der Waals surface area contributed by atoms with Crippen LogP contribution in [-0.4, -0.2) is 64.4 Å². The predicted molar refractivity (Wildman–Crippen MR) is 145 cm³/mol. The van der Waals surface area contributed by atoms with Gasteiger partial charge in [-0.25, -0.2) is 14.6 Å². The lowest BCUT2D eigenvalue weighted by Crippen LogP contribution is -2.43. The quantitative estimate of drug-likeness (QED) is 0.367. The average Bonchev–Trinajstić information content (AvgIpc) is 3.70. The molecule has 1 aliphatic carbocycles. The van der Waals surface area contributed by atoms with Gasteiger partial charge >= 0.3 is 0 Å². The minimum Gasteiger partial charge on any atom is -0.364 e. The summed E-state index contributed by atoms with van der Waals surface area (Å²) >= 11 is 0. The van der Waals surface area contributed by atoms with Crippen molar-refractivity contribution in [3.8, 4) is 5.82 Å². The molecule has 0 radical (unpaired) electrons. The second kappa shape index (κ2) is 10.5. The first kappa shape index (κ1) is 23.8. The Balaban J connectivity index is 1.23. The van der Waals surface area contributed by atoms with Crippen molar-refractivity contribution in [3.05, 3.63) is 48.7 Å². The van der Waals surface area contributed by atoms with E-state index in [4.69, 9.17) is 9.97 Å². The first-order valence-electron chi connectivity index (χ1n) is 13.6. The molecule has 6 rings (SSSR count). The van der Waals surface area contributed by atoms with Gasteiger partial charge in [-0.05, 0) is 51.7 Å². The fourth-order valence-corrected chi connectivity index (χ4v) is 5.69. The van der Waals surface area contributed by atoms with Gasteiger partial charge in [-0.1, -0.05) is 18.9 Å². The van der Waals surface area contributed by atoms with E-state index in [1.807, 2.05) is 24.7 Å². The van der Waals surface area contributed by atoms with E-state index in [2.05, 4.69) is 55.1 Å². The summed E-state index contributed by atoms with van der Waals surface area (Å²) in [6, 6.07) is 7.32. The molecule has 0 aromatic carbocycles. The molecule has 10 heteroatoms. The highest BCUT2D eigenvalue weighted by atomic mass is 15.3. The van der Waals surface area contributed by atoms with Crippen LogP contribution in [0.15, 0.2) is 43.1 Å². The summed E-state index contributed by atoms with van der Waals surface area (Å²) in [6.45, 7) is 7.14. The third-order valence-corrected chi connectivity index (χ3v) is 7.72. The number of likely N-dealkylation sites (tertiary alicyclic amines) is 1. The molecule has 0 amide bonds. The van der Waals surface area contributed by atoms with E-state index in [1.165, 1.54) is 25.7 Å². The standard InChI is InChI=1S/C27H36N10/c1-19(2)36-18-30-23-24(29-17-20-7-5-12-28-25(20)37-14-6-13-31-37)33-27(34-26(23)36)32-21-10-15-35(16-11-21)22-8-3-4-9-22/h5-7,12-14,18-19,21-22H,3-4,8-11,15-17H2,1-2H3,(H2,29,32,33,34). The summed E-state index contributed by atoms with van der Waals surface area (Å²) in [5.74, 6) is 2.19. The van der Waals surface area contributed by atoms with Gasteiger partial charge in [0.1, 0.15) is 0 Å². The van der Waals surface area contributed by atoms with Gasteiger partial charge in [0.05, 0.1) is 6.33 Å². The Hall–Kier alpha value is -3.53. The third-order valence-electron chi connectivity index (χ3n) is 7.72. The van der Waals surface area contributed by atoms with E-state index in [9.17, 15) is 0 Å². The zero-order valence-corrected chi connectivity index (χ0v) is 21.7. The van der Waals surface area contributed by atoms with Crippen molar-refractivity contribution < 1.29 is 0 Å². The molecule has 4 aromatic heterocycles. The van der Waals surface area contributed by atoms with Gasteiger partial charge in [0.25, 0.3) is 0 Å². The fourth-order valence-electron chi connectivity index (χ4n) is 5.69. The second-order valence-corrected chi connectivity index (χ2v) is 10.5. The van der Waals surface area contributed by atoms with Crippen LogP contribution >= 0.6 is 0 Å². The van der Waals surface area contributed by atoms with Crippen LogP contribution in [0.1, 0.15) is 64.0 Å². The molecule has 0 spiro atoms. The minimum atomic E-state index is 0.250. The Morgan fingerprint density at radius 1 is 1.00 bits per heavy atom. The summed E-state index contributed by atoms with van der Waals surface area (Å²) in [5, 5.41) is 11.5. The number of aromatic nitrogens is 7. The Kier molecular flexibility index (Phi) is 6.73. The number of nitrogens with zero attached hydrogens (tertiary/aromatic N) is 8. The number of anilines is 2. The van der Waals surface area contributed by atoms with Gasteiger partial charge < -0.3 is 20.1 Å². The van der Waals surface area contributed by atoms with Gasteiger partial charge in [-0.15, -0.1) is 0 Å². The summed E-state index contributed by atoms with van der Waals surface area (Å²) in [7, 11) is 0. The lowest BCUT2D eigenvalue weighted by atomic mass is 10.0. The van der Waals surface area contributed by atoms with Crippen LogP contribution in [0.25, 0.3) is 17.0 Å². The van der Waals surface area contributed by atoms with Crippen molar-refractivity contribution >= 4 is 22.9 Å². The van der Waals surface area contributed by atoms with Gasteiger partial charge in [0.2, 0.25) is 5.95 Å². The lowest BCUT2D eigenvalue weighted by Gasteiger charge is -2.36. The Bertz CT molecular complexity index is 1310. The van der Waals surface area contributed by atoms with E-state index in [1.54, 1.807) is 17.1 Å². The zero-order valence-electron chi connectivity index (χ0n) is 21.7. The largest absolute Gasteiger partial charge is 0.364 e. The molecule has 0 unspecified atom stereocenters. The SMILES string of the molecule is CC(C)n1cnc2c(NCc3cccnc3-n3cccn3)nc(NC3CCN(C4CCCC4)CC3)nc21. The summed E-state index contributed by atoms with van der Waals surface area (Å²) in [6.07, 6.45) is 15.0. The third kappa shape index (κ3) is 5.02.